The highest BCUT2D eigenvalue weighted by atomic mass is 16.4. The molecule has 0 radical (unpaired) electrons. The van der Waals surface area contributed by atoms with Gasteiger partial charge in [0.1, 0.15) is 5.54 Å². The number of hydrogen-bond donors (Lipinski definition) is 2. The molecule has 98 valence electrons. The molecule has 0 aliphatic carbocycles. The van der Waals surface area contributed by atoms with Crippen LogP contribution in [0.3, 0.4) is 0 Å². The molecular formula is C12H22N2O3. The van der Waals surface area contributed by atoms with Gasteiger partial charge >= 0.3 is 5.97 Å². The monoisotopic (exact) mass is 242 g/mol. The second-order valence-electron chi connectivity index (χ2n) is 5.28. The van der Waals surface area contributed by atoms with E-state index in [9.17, 15) is 14.7 Å². The Bertz CT molecular complexity index is 320. The van der Waals surface area contributed by atoms with Gasteiger partial charge in [-0.25, -0.2) is 4.79 Å². The van der Waals surface area contributed by atoms with Gasteiger partial charge in [0.25, 0.3) is 0 Å². The van der Waals surface area contributed by atoms with Gasteiger partial charge in [0.2, 0.25) is 5.91 Å². The average molecular weight is 242 g/mol. The number of carboxylic acids is 1. The molecule has 1 aliphatic rings. The lowest BCUT2D eigenvalue weighted by Gasteiger charge is -2.39. The summed E-state index contributed by atoms with van der Waals surface area (Å²) in [7, 11) is 0. The average Bonchev–Trinajstić information content (AvgIpc) is 2.66. The maximum absolute atomic E-state index is 12.4. The van der Waals surface area contributed by atoms with E-state index in [1.165, 1.54) is 4.90 Å². The lowest BCUT2D eigenvalue weighted by Crippen LogP contribution is -2.61. The van der Waals surface area contributed by atoms with Crippen molar-refractivity contribution in [1.82, 2.24) is 10.2 Å². The molecule has 1 saturated heterocycles. The minimum Gasteiger partial charge on any atom is -0.480 e. The Morgan fingerprint density at radius 3 is 2.41 bits per heavy atom. The van der Waals surface area contributed by atoms with E-state index in [1.807, 2.05) is 6.92 Å². The van der Waals surface area contributed by atoms with Crippen LogP contribution >= 0.6 is 0 Å². The van der Waals surface area contributed by atoms with E-state index in [-0.39, 0.29) is 5.91 Å². The van der Waals surface area contributed by atoms with Gasteiger partial charge in [-0.2, -0.15) is 0 Å². The molecule has 0 aromatic heterocycles. The number of hydrogen-bond acceptors (Lipinski definition) is 3. The van der Waals surface area contributed by atoms with E-state index in [2.05, 4.69) is 5.32 Å². The molecule has 1 heterocycles. The number of nitrogens with one attached hydrogen (secondary N) is 1. The van der Waals surface area contributed by atoms with Crippen molar-refractivity contribution in [1.29, 1.82) is 0 Å². The zero-order valence-electron chi connectivity index (χ0n) is 11.0. The maximum atomic E-state index is 12.4. The number of aliphatic carboxylic acids is 1. The first-order valence-corrected chi connectivity index (χ1v) is 6.06. The molecule has 0 bridgehead atoms. The molecular weight excluding hydrogens is 220 g/mol. The largest absolute Gasteiger partial charge is 0.480 e. The summed E-state index contributed by atoms with van der Waals surface area (Å²) in [5, 5.41) is 12.4. The van der Waals surface area contributed by atoms with Crippen molar-refractivity contribution in [2.75, 3.05) is 13.1 Å². The SMILES string of the molecule is CCN(C(=O)C1(C)CCCN1)C(C)(C)C(=O)O. The molecule has 1 rings (SSSR count). The minimum absolute atomic E-state index is 0.120. The van der Waals surface area contributed by atoms with Gasteiger partial charge in [-0.1, -0.05) is 0 Å². The van der Waals surface area contributed by atoms with Gasteiger partial charge in [-0.05, 0) is 47.1 Å². The van der Waals surface area contributed by atoms with E-state index in [4.69, 9.17) is 0 Å². The normalized spacial score (nSPS) is 24.7. The third-order valence-corrected chi connectivity index (χ3v) is 3.60. The number of nitrogens with zero attached hydrogens (tertiary/aromatic N) is 1. The summed E-state index contributed by atoms with van der Waals surface area (Å²) < 4.78 is 0. The van der Waals surface area contributed by atoms with E-state index >= 15 is 0 Å². The van der Waals surface area contributed by atoms with Crippen LogP contribution in [0.2, 0.25) is 0 Å². The van der Waals surface area contributed by atoms with Crippen molar-refractivity contribution in [2.45, 2.75) is 51.6 Å². The lowest BCUT2D eigenvalue weighted by molar-refractivity contribution is -0.159. The lowest BCUT2D eigenvalue weighted by atomic mass is 9.94. The first kappa shape index (κ1) is 14.0. The molecule has 1 atom stereocenters. The fourth-order valence-corrected chi connectivity index (χ4v) is 2.28. The Hall–Kier alpha value is -1.10. The van der Waals surface area contributed by atoms with Crippen LogP contribution in [0.15, 0.2) is 0 Å². The van der Waals surface area contributed by atoms with Crippen LogP contribution in [0.4, 0.5) is 0 Å². The highest BCUT2D eigenvalue weighted by molar-refractivity contribution is 5.91. The van der Waals surface area contributed by atoms with Crippen LogP contribution in [-0.2, 0) is 9.59 Å². The summed E-state index contributed by atoms with van der Waals surface area (Å²) >= 11 is 0. The number of amides is 1. The Labute approximate surface area is 102 Å². The van der Waals surface area contributed by atoms with Crippen molar-refractivity contribution in [3.63, 3.8) is 0 Å². The first-order valence-electron chi connectivity index (χ1n) is 6.06. The van der Waals surface area contributed by atoms with Gasteiger partial charge in [0, 0.05) is 6.54 Å². The molecule has 2 N–H and O–H groups in total. The highest BCUT2D eigenvalue weighted by Crippen LogP contribution is 2.25. The fraction of sp³-hybridized carbons (Fsp3) is 0.833. The second-order valence-corrected chi connectivity index (χ2v) is 5.28. The summed E-state index contributed by atoms with van der Waals surface area (Å²) in [5.41, 5.74) is -1.78. The van der Waals surface area contributed by atoms with Crippen LogP contribution in [0, 0.1) is 0 Å². The zero-order chi connectivity index (χ0) is 13.3. The molecule has 0 spiro atoms. The number of likely N-dealkylation sites (N-methyl/N-ethyl adjacent to an activating group) is 1. The summed E-state index contributed by atoms with van der Waals surface area (Å²) in [6.45, 7) is 8.00. The van der Waals surface area contributed by atoms with Gasteiger partial charge in [0.15, 0.2) is 0 Å². The van der Waals surface area contributed by atoms with E-state index in [0.29, 0.717) is 6.54 Å². The maximum Gasteiger partial charge on any atom is 0.329 e. The number of carboxylic acid groups (broad SMARTS) is 1. The van der Waals surface area contributed by atoms with Crippen LogP contribution in [0.1, 0.15) is 40.5 Å². The summed E-state index contributed by atoms with van der Waals surface area (Å²) in [4.78, 5) is 25.1. The fourth-order valence-electron chi connectivity index (χ4n) is 2.28. The predicted octanol–water partition coefficient (Wildman–Crippen LogP) is 0.840. The number of carbonyl (C=O) groups excluding carboxylic acids is 1. The second kappa shape index (κ2) is 4.64. The molecule has 0 aromatic rings. The smallest absolute Gasteiger partial charge is 0.329 e. The molecule has 1 unspecified atom stereocenters. The number of rotatable bonds is 4. The summed E-state index contributed by atoms with van der Waals surface area (Å²) in [6.07, 6.45) is 1.71. The summed E-state index contributed by atoms with van der Waals surface area (Å²) in [6, 6.07) is 0. The Balaban J connectivity index is 2.95. The Morgan fingerprint density at radius 1 is 1.47 bits per heavy atom. The number of carbonyl (C=O) groups is 2. The molecule has 1 aliphatic heterocycles. The van der Waals surface area contributed by atoms with Crippen molar-refractivity contribution in [3.8, 4) is 0 Å². The van der Waals surface area contributed by atoms with Gasteiger partial charge < -0.3 is 15.3 Å². The molecule has 5 nitrogen and oxygen atoms in total. The van der Waals surface area contributed by atoms with E-state index in [0.717, 1.165) is 19.4 Å². The van der Waals surface area contributed by atoms with Gasteiger partial charge in [-0.15, -0.1) is 0 Å². The molecule has 5 heteroatoms. The standard InChI is InChI=1S/C12H22N2O3/c1-5-14(11(2,3)10(16)17)9(15)12(4)7-6-8-13-12/h13H,5-8H2,1-4H3,(H,16,17). The minimum atomic E-state index is -1.17. The molecule has 0 aromatic carbocycles. The molecule has 0 saturated carbocycles. The first-order chi connectivity index (χ1) is 7.75. The summed E-state index contributed by atoms with van der Waals surface area (Å²) in [5.74, 6) is -1.10. The van der Waals surface area contributed by atoms with E-state index in [1.54, 1.807) is 20.8 Å². The zero-order valence-corrected chi connectivity index (χ0v) is 11.0. The van der Waals surface area contributed by atoms with Crippen molar-refractivity contribution in [3.05, 3.63) is 0 Å². The molecule has 1 fully saturated rings. The van der Waals surface area contributed by atoms with E-state index < -0.39 is 17.0 Å². The third-order valence-electron chi connectivity index (χ3n) is 3.60. The molecule has 17 heavy (non-hydrogen) atoms. The van der Waals surface area contributed by atoms with Gasteiger partial charge in [0.05, 0.1) is 5.54 Å². The quantitative estimate of drug-likeness (QED) is 0.766. The Kier molecular flexibility index (Phi) is 3.81. The van der Waals surface area contributed by atoms with Crippen molar-refractivity contribution < 1.29 is 14.7 Å². The van der Waals surface area contributed by atoms with Crippen molar-refractivity contribution >= 4 is 11.9 Å². The Morgan fingerprint density at radius 2 is 2.06 bits per heavy atom. The van der Waals surface area contributed by atoms with Crippen molar-refractivity contribution in [2.24, 2.45) is 0 Å². The molecule has 1 amide bonds. The van der Waals surface area contributed by atoms with Crippen LogP contribution in [0.5, 0.6) is 0 Å². The third kappa shape index (κ3) is 2.44. The van der Waals surface area contributed by atoms with Gasteiger partial charge in [-0.3, -0.25) is 4.79 Å². The topological polar surface area (TPSA) is 69.6 Å². The highest BCUT2D eigenvalue weighted by Gasteiger charge is 2.45. The van der Waals surface area contributed by atoms with Crippen LogP contribution < -0.4 is 5.32 Å². The van der Waals surface area contributed by atoms with Crippen LogP contribution in [0.25, 0.3) is 0 Å². The van der Waals surface area contributed by atoms with Crippen LogP contribution in [-0.4, -0.2) is 46.1 Å². The predicted molar refractivity (Wildman–Crippen MR) is 64.7 cm³/mol.